The van der Waals surface area contributed by atoms with Crippen LogP contribution in [0.3, 0.4) is 0 Å². The smallest absolute Gasteiger partial charge is 0.184 e. The Kier molecular flexibility index (Phi) is 2.19. The number of hydrogen-bond donors (Lipinski definition) is 1. The zero-order valence-corrected chi connectivity index (χ0v) is 5.78. The molecule has 1 rings (SSSR count). The summed E-state index contributed by atoms with van der Waals surface area (Å²) in [6.45, 7) is 1.84. The van der Waals surface area contributed by atoms with Crippen molar-refractivity contribution < 1.29 is 14.6 Å². The van der Waals surface area contributed by atoms with Gasteiger partial charge in [-0.15, -0.1) is 0 Å². The van der Waals surface area contributed by atoms with Gasteiger partial charge in [-0.05, 0) is 18.6 Å². The van der Waals surface area contributed by atoms with Crippen molar-refractivity contribution >= 4 is 5.78 Å². The second kappa shape index (κ2) is 2.94. The molecular formula is C7H10O3. The molecule has 1 heterocycles. The first kappa shape index (κ1) is 7.44. The Morgan fingerprint density at radius 1 is 1.80 bits per heavy atom. The van der Waals surface area contributed by atoms with Gasteiger partial charge < -0.3 is 9.84 Å². The van der Waals surface area contributed by atoms with Crippen LogP contribution in [0.15, 0.2) is 12.2 Å². The minimum Gasteiger partial charge on any atom is -0.365 e. The Bertz CT molecular complexity index is 162. The summed E-state index contributed by atoms with van der Waals surface area (Å²) in [4.78, 5) is 10.8. The van der Waals surface area contributed by atoms with Gasteiger partial charge in [0.1, 0.15) is 6.10 Å². The van der Waals surface area contributed by atoms with Gasteiger partial charge in [-0.3, -0.25) is 4.79 Å². The molecule has 1 aliphatic heterocycles. The maximum atomic E-state index is 10.8. The monoisotopic (exact) mass is 142 g/mol. The van der Waals surface area contributed by atoms with Crippen LogP contribution in [0, 0.1) is 0 Å². The maximum absolute atomic E-state index is 10.8. The van der Waals surface area contributed by atoms with E-state index in [1.807, 2.05) is 6.92 Å². The van der Waals surface area contributed by atoms with Crippen molar-refractivity contribution in [3.8, 4) is 0 Å². The topological polar surface area (TPSA) is 46.5 Å². The average molecular weight is 142 g/mol. The largest absolute Gasteiger partial charge is 0.365 e. The Labute approximate surface area is 59.3 Å². The van der Waals surface area contributed by atoms with E-state index in [0.717, 1.165) is 0 Å². The third-order valence-electron chi connectivity index (χ3n) is 1.42. The molecule has 1 N–H and O–H groups in total. The van der Waals surface area contributed by atoms with Crippen molar-refractivity contribution in [2.24, 2.45) is 0 Å². The summed E-state index contributed by atoms with van der Waals surface area (Å²) in [5.41, 5.74) is 0. The zero-order chi connectivity index (χ0) is 7.56. The lowest BCUT2D eigenvalue weighted by Gasteiger charge is -2.19. The Hall–Kier alpha value is -0.670. The van der Waals surface area contributed by atoms with Crippen molar-refractivity contribution in [2.45, 2.75) is 25.7 Å². The van der Waals surface area contributed by atoms with E-state index >= 15 is 0 Å². The predicted octanol–water partition coefficient (Wildman–Crippen LogP) is 0.239. The van der Waals surface area contributed by atoms with Gasteiger partial charge in [-0.2, -0.15) is 0 Å². The zero-order valence-electron chi connectivity index (χ0n) is 5.78. The average Bonchev–Trinajstić information content (AvgIpc) is 1.94. The molecule has 0 radical (unpaired) electrons. The van der Waals surface area contributed by atoms with Crippen LogP contribution in [0.1, 0.15) is 13.3 Å². The van der Waals surface area contributed by atoms with E-state index in [1.54, 1.807) is 0 Å². The van der Waals surface area contributed by atoms with E-state index in [9.17, 15) is 4.79 Å². The SMILES string of the molecule is CC[C@@H]1O[C@H](O)C=CC1=O. The molecule has 0 bridgehead atoms. The van der Waals surface area contributed by atoms with Crippen molar-refractivity contribution in [2.75, 3.05) is 0 Å². The van der Waals surface area contributed by atoms with Gasteiger partial charge in [0.2, 0.25) is 0 Å². The number of aliphatic hydroxyl groups is 1. The van der Waals surface area contributed by atoms with Crippen LogP contribution in [-0.2, 0) is 9.53 Å². The van der Waals surface area contributed by atoms with Gasteiger partial charge in [0.05, 0.1) is 0 Å². The lowest BCUT2D eigenvalue weighted by atomic mass is 10.1. The number of hydrogen-bond acceptors (Lipinski definition) is 3. The van der Waals surface area contributed by atoms with Crippen molar-refractivity contribution in [3.05, 3.63) is 12.2 Å². The summed E-state index contributed by atoms with van der Waals surface area (Å²) in [7, 11) is 0. The van der Waals surface area contributed by atoms with Crippen LogP contribution in [0.4, 0.5) is 0 Å². The second-order valence-corrected chi connectivity index (χ2v) is 2.19. The van der Waals surface area contributed by atoms with Gasteiger partial charge in [0.15, 0.2) is 12.1 Å². The van der Waals surface area contributed by atoms with E-state index in [0.29, 0.717) is 6.42 Å². The molecule has 0 aromatic rings. The number of aliphatic hydroxyl groups excluding tert-OH is 1. The summed E-state index contributed by atoms with van der Waals surface area (Å²) >= 11 is 0. The molecule has 0 saturated heterocycles. The lowest BCUT2D eigenvalue weighted by Crippen LogP contribution is -2.30. The highest BCUT2D eigenvalue weighted by Gasteiger charge is 2.21. The molecule has 1 aliphatic rings. The highest BCUT2D eigenvalue weighted by atomic mass is 16.6. The number of ketones is 1. The quantitative estimate of drug-likeness (QED) is 0.570. The summed E-state index contributed by atoms with van der Waals surface area (Å²) in [6, 6.07) is 0. The fourth-order valence-electron chi connectivity index (χ4n) is 0.863. The molecule has 10 heavy (non-hydrogen) atoms. The van der Waals surface area contributed by atoms with Gasteiger partial charge >= 0.3 is 0 Å². The first-order chi connectivity index (χ1) is 4.74. The van der Waals surface area contributed by atoms with E-state index < -0.39 is 12.4 Å². The summed E-state index contributed by atoms with van der Waals surface area (Å²) in [6.07, 6.45) is 1.97. The summed E-state index contributed by atoms with van der Waals surface area (Å²) < 4.78 is 4.87. The molecule has 0 amide bonds. The normalized spacial score (nSPS) is 32.8. The van der Waals surface area contributed by atoms with Crippen molar-refractivity contribution in [3.63, 3.8) is 0 Å². The van der Waals surface area contributed by atoms with Gasteiger partial charge in [0, 0.05) is 0 Å². The molecule has 2 atom stereocenters. The van der Waals surface area contributed by atoms with Gasteiger partial charge in [-0.1, -0.05) is 6.92 Å². The molecule has 0 aliphatic carbocycles. The highest BCUT2D eigenvalue weighted by Crippen LogP contribution is 2.09. The lowest BCUT2D eigenvalue weighted by molar-refractivity contribution is -0.148. The molecule has 0 unspecified atom stereocenters. The summed E-state index contributed by atoms with van der Waals surface area (Å²) in [5.74, 6) is -0.0622. The minimum atomic E-state index is -0.900. The highest BCUT2D eigenvalue weighted by molar-refractivity contribution is 5.94. The fraction of sp³-hybridized carbons (Fsp3) is 0.571. The number of carbonyl (C=O) groups excluding carboxylic acids is 1. The minimum absolute atomic E-state index is 0.0622. The van der Waals surface area contributed by atoms with Crippen molar-refractivity contribution in [1.82, 2.24) is 0 Å². The first-order valence-corrected chi connectivity index (χ1v) is 3.29. The maximum Gasteiger partial charge on any atom is 0.184 e. The van der Waals surface area contributed by atoms with E-state index in [1.165, 1.54) is 12.2 Å². The van der Waals surface area contributed by atoms with Crippen LogP contribution in [-0.4, -0.2) is 23.3 Å². The summed E-state index contributed by atoms with van der Waals surface area (Å²) in [5, 5.41) is 8.87. The van der Waals surface area contributed by atoms with Gasteiger partial charge in [-0.25, -0.2) is 0 Å². The van der Waals surface area contributed by atoms with Crippen LogP contribution < -0.4 is 0 Å². The fourth-order valence-corrected chi connectivity index (χ4v) is 0.863. The molecule has 3 nitrogen and oxygen atoms in total. The van der Waals surface area contributed by atoms with Crippen LogP contribution in [0.5, 0.6) is 0 Å². The molecule has 3 heteroatoms. The predicted molar refractivity (Wildman–Crippen MR) is 35.3 cm³/mol. The van der Waals surface area contributed by atoms with E-state index in [-0.39, 0.29) is 5.78 Å². The molecule has 0 saturated carbocycles. The molecule has 0 fully saturated rings. The number of carbonyl (C=O) groups is 1. The molecule has 0 aromatic carbocycles. The standard InChI is InChI=1S/C7H10O3/c1-2-6-5(8)3-4-7(9)10-6/h3-4,6-7,9H,2H2,1H3/t6-,7-/m0/s1. The van der Waals surface area contributed by atoms with Crippen molar-refractivity contribution in [1.29, 1.82) is 0 Å². The van der Waals surface area contributed by atoms with Crippen LogP contribution >= 0.6 is 0 Å². The van der Waals surface area contributed by atoms with Crippen LogP contribution in [0.2, 0.25) is 0 Å². The molecule has 0 spiro atoms. The van der Waals surface area contributed by atoms with Gasteiger partial charge in [0.25, 0.3) is 0 Å². The Morgan fingerprint density at radius 2 is 2.50 bits per heavy atom. The molecule has 56 valence electrons. The van der Waals surface area contributed by atoms with Crippen LogP contribution in [0.25, 0.3) is 0 Å². The number of rotatable bonds is 1. The Balaban J connectivity index is 2.62. The first-order valence-electron chi connectivity index (χ1n) is 3.29. The molecule has 0 aromatic heterocycles. The third-order valence-corrected chi connectivity index (χ3v) is 1.42. The third kappa shape index (κ3) is 1.43. The second-order valence-electron chi connectivity index (χ2n) is 2.19. The molecular weight excluding hydrogens is 132 g/mol. The Morgan fingerprint density at radius 3 is 3.00 bits per heavy atom. The van der Waals surface area contributed by atoms with E-state index in [4.69, 9.17) is 9.84 Å². The number of ether oxygens (including phenoxy) is 1. The van der Waals surface area contributed by atoms with E-state index in [2.05, 4.69) is 0 Å².